The molecular weight excluding hydrogens is 260 g/mol. The summed E-state index contributed by atoms with van der Waals surface area (Å²) in [5.74, 6) is -1.30. The number of anilines is 1. The van der Waals surface area contributed by atoms with E-state index < -0.39 is 11.9 Å². The van der Waals surface area contributed by atoms with E-state index in [-0.39, 0.29) is 12.6 Å². The van der Waals surface area contributed by atoms with Crippen LogP contribution in [-0.4, -0.2) is 44.9 Å². The van der Waals surface area contributed by atoms with E-state index in [2.05, 4.69) is 10.4 Å². The van der Waals surface area contributed by atoms with Crippen molar-refractivity contribution >= 4 is 17.7 Å². The van der Waals surface area contributed by atoms with E-state index in [9.17, 15) is 9.59 Å². The minimum absolute atomic E-state index is 0.251. The van der Waals surface area contributed by atoms with Gasteiger partial charge in [0.1, 0.15) is 0 Å². The first-order valence-electron chi connectivity index (χ1n) is 6.82. The van der Waals surface area contributed by atoms with Gasteiger partial charge in [0.05, 0.1) is 17.3 Å². The fourth-order valence-electron chi connectivity index (χ4n) is 2.46. The zero-order valence-corrected chi connectivity index (χ0v) is 11.8. The highest BCUT2D eigenvalue weighted by Gasteiger charge is 2.28. The fourth-order valence-corrected chi connectivity index (χ4v) is 2.46. The third-order valence-electron chi connectivity index (χ3n) is 3.54. The van der Waals surface area contributed by atoms with Crippen molar-refractivity contribution in [3.63, 3.8) is 0 Å². The lowest BCUT2D eigenvalue weighted by Crippen LogP contribution is -2.44. The lowest BCUT2D eigenvalue weighted by atomic mass is 9.99. The number of nitrogens with one attached hydrogen (secondary N) is 1. The summed E-state index contributed by atoms with van der Waals surface area (Å²) in [5.41, 5.74) is 1.52. The number of carboxylic acid groups (broad SMARTS) is 1. The number of carbonyl (C=O) groups excluding carboxylic acids is 1. The number of urea groups is 1. The highest BCUT2D eigenvalue weighted by Crippen LogP contribution is 2.19. The second-order valence-corrected chi connectivity index (χ2v) is 5.07. The van der Waals surface area contributed by atoms with E-state index in [0.29, 0.717) is 18.7 Å². The topological polar surface area (TPSA) is 87.5 Å². The van der Waals surface area contributed by atoms with Gasteiger partial charge in [-0.1, -0.05) is 6.92 Å². The van der Waals surface area contributed by atoms with Gasteiger partial charge in [0.15, 0.2) is 0 Å². The molecule has 2 heterocycles. The Balaban J connectivity index is 2.02. The molecule has 20 heavy (non-hydrogen) atoms. The molecule has 0 aliphatic carbocycles. The number of piperidine rings is 1. The molecule has 7 nitrogen and oxygen atoms in total. The minimum Gasteiger partial charge on any atom is -0.481 e. The standard InChI is InChI=1S/C13H20N4O3/c1-3-10-11(8-16(2)15-10)14-13(20)17-6-4-5-9(7-17)12(18)19/h8-9H,3-7H2,1-2H3,(H,14,20)(H,18,19)/t9-/m1/s1. The van der Waals surface area contributed by atoms with Crippen LogP contribution in [0.15, 0.2) is 6.20 Å². The predicted octanol–water partition coefficient (Wildman–Crippen LogP) is 1.31. The lowest BCUT2D eigenvalue weighted by molar-refractivity contribution is -0.143. The van der Waals surface area contributed by atoms with Crippen LogP contribution in [0.5, 0.6) is 0 Å². The van der Waals surface area contributed by atoms with Crippen LogP contribution in [0.4, 0.5) is 10.5 Å². The number of aliphatic carboxylic acids is 1. The molecule has 1 aliphatic heterocycles. The number of nitrogens with zero attached hydrogens (tertiary/aromatic N) is 3. The molecule has 110 valence electrons. The number of hydrogen-bond donors (Lipinski definition) is 2. The van der Waals surface area contributed by atoms with E-state index in [4.69, 9.17) is 5.11 Å². The Morgan fingerprint density at radius 1 is 1.55 bits per heavy atom. The molecule has 0 unspecified atom stereocenters. The Morgan fingerprint density at radius 3 is 2.95 bits per heavy atom. The number of carboxylic acids is 1. The summed E-state index contributed by atoms with van der Waals surface area (Å²) in [6, 6.07) is -0.251. The first-order valence-corrected chi connectivity index (χ1v) is 6.82. The third kappa shape index (κ3) is 3.09. The molecule has 1 aromatic rings. The maximum Gasteiger partial charge on any atom is 0.321 e. The lowest BCUT2D eigenvalue weighted by Gasteiger charge is -2.30. The second kappa shape index (κ2) is 5.94. The van der Waals surface area contributed by atoms with Crippen molar-refractivity contribution < 1.29 is 14.7 Å². The molecule has 1 aromatic heterocycles. The van der Waals surface area contributed by atoms with Crippen molar-refractivity contribution in [2.45, 2.75) is 26.2 Å². The highest BCUT2D eigenvalue weighted by molar-refractivity contribution is 5.90. The van der Waals surface area contributed by atoms with Gasteiger partial charge in [0.25, 0.3) is 0 Å². The van der Waals surface area contributed by atoms with Crippen LogP contribution in [-0.2, 0) is 18.3 Å². The van der Waals surface area contributed by atoms with Crippen LogP contribution >= 0.6 is 0 Å². The van der Waals surface area contributed by atoms with Gasteiger partial charge in [-0.25, -0.2) is 4.79 Å². The molecule has 0 bridgehead atoms. The van der Waals surface area contributed by atoms with Gasteiger partial charge < -0.3 is 15.3 Å². The number of rotatable bonds is 3. The summed E-state index contributed by atoms with van der Waals surface area (Å²) in [5, 5.41) is 16.1. The van der Waals surface area contributed by atoms with Gasteiger partial charge in [-0.05, 0) is 19.3 Å². The molecule has 1 saturated heterocycles. The first kappa shape index (κ1) is 14.4. The van der Waals surface area contributed by atoms with Crippen molar-refractivity contribution in [3.05, 3.63) is 11.9 Å². The number of amides is 2. The van der Waals surface area contributed by atoms with Gasteiger partial charge in [-0.3, -0.25) is 9.48 Å². The van der Waals surface area contributed by atoms with Crippen LogP contribution in [0.3, 0.4) is 0 Å². The van der Waals surface area contributed by atoms with Gasteiger partial charge in [0.2, 0.25) is 0 Å². The molecule has 1 fully saturated rings. The first-order chi connectivity index (χ1) is 9.51. The Labute approximate surface area is 117 Å². The van der Waals surface area contributed by atoms with E-state index in [1.807, 2.05) is 6.92 Å². The molecule has 0 spiro atoms. The maximum absolute atomic E-state index is 12.2. The maximum atomic E-state index is 12.2. The molecule has 1 aliphatic rings. The van der Waals surface area contributed by atoms with Crippen molar-refractivity contribution in [2.24, 2.45) is 13.0 Å². The monoisotopic (exact) mass is 280 g/mol. The summed E-state index contributed by atoms with van der Waals surface area (Å²) in [6.45, 7) is 2.83. The Kier molecular flexibility index (Phi) is 4.26. The summed E-state index contributed by atoms with van der Waals surface area (Å²) < 4.78 is 1.66. The normalized spacial score (nSPS) is 18.9. The minimum atomic E-state index is -0.835. The van der Waals surface area contributed by atoms with E-state index in [0.717, 1.165) is 18.5 Å². The van der Waals surface area contributed by atoms with E-state index in [1.165, 1.54) is 0 Å². The van der Waals surface area contributed by atoms with Crippen LogP contribution in [0, 0.1) is 5.92 Å². The predicted molar refractivity (Wildman–Crippen MR) is 73.5 cm³/mol. The molecule has 7 heteroatoms. The Bertz CT molecular complexity index is 512. The molecule has 0 radical (unpaired) electrons. The third-order valence-corrected chi connectivity index (χ3v) is 3.54. The quantitative estimate of drug-likeness (QED) is 0.874. The number of hydrogen-bond acceptors (Lipinski definition) is 3. The van der Waals surface area contributed by atoms with Crippen molar-refractivity contribution in [3.8, 4) is 0 Å². The summed E-state index contributed by atoms with van der Waals surface area (Å²) in [7, 11) is 1.80. The Morgan fingerprint density at radius 2 is 2.30 bits per heavy atom. The molecule has 0 aromatic carbocycles. The van der Waals surface area contributed by atoms with Gasteiger partial charge >= 0.3 is 12.0 Å². The van der Waals surface area contributed by atoms with Crippen molar-refractivity contribution in [1.29, 1.82) is 0 Å². The zero-order chi connectivity index (χ0) is 14.7. The van der Waals surface area contributed by atoms with Crippen LogP contribution in [0.1, 0.15) is 25.5 Å². The zero-order valence-electron chi connectivity index (χ0n) is 11.8. The molecule has 2 amide bonds. The molecule has 2 N–H and O–H groups in total. The van der Waals surface area contributed by atoms with Gasteiger partial charge in [-0.15, -0.1) is 0 Å². The number of likely N-dealkylation sites (tertiary alicyclic amines) is 1. The van der Waals surface area contributed by atoms with Gasteiger partial charge in [-0.2, -0.15) is 5.10 Å². The molecule has 1 atom stereocenters. The number of aromatic nitrogens is 2. The fraction of sp³-hybridized carbons (Fsp3) is 0.615. The van der Waals surface area contributed by atoms with Crippen molar-refractivity contribution in [2.75, 3.05) is 18.4 Å². The summed E-state index contributed by atoms with van der Waals surface area (Å²) in [6.07, 6.45) is 3.84. The summed E-state index contributed by atoms with van der Waals surface area (Å²) >= 11 is 0. The molecule has 2 rings (SSSR count). The Hall–Kier alpha value is -2.05. The average molecular weight is 280 g/mol. The second-order valence-electron chi connectivity index (χ2n) is 5.07. The molecular formula is C13H20N4O3. The highest BCUT2D eigenvalue weighted by atomic mass is 16.4. The van der Waals surface area contributed by atoms with Crippen LogP contribution < -0.4 is 5.32 Å². The van der Waals surface area contributed by atoms with Crippen LogP contribution in [0.25, 0.3) is 0 Å². The SMILES string of the molecule is CCc1nn(C)cc1NC(=O)N1CCC[C@@H](C(=O)O)C1. The molecule has 0 saturated carbocycles. The van der Waals surface area contributed by atoms with E-state index in [1.54, 1.807) is 22.8 Å². The van der Waals surface area contributed by atoms with Gasteiger partial charge in [0, 0.05) is 26.3 Å². The number of carbonyl (C=O) groups is 2. The van der Waals surface area contributed by atoms with E-state index >= 15 is 0 Å². The van der Waals surface area contributed by atoms with Crippen LogP contribution in [0.2, 0.25) is 0 Å². The van der Waals surface area contributed by atoms with Crippen molar-refractivity contribution in [1.82, 2.24) is 14.7 Å². The smallest absolute Gasteiger partial charge is 0.321 e. The largest absolute Gasteiger partial charge is 0.481 e. The summed E-state index contributed by atoms with van der Waals surface area (Å²) in [4.78, 5) is 24.8. The number of aryl methyl sites for hydroxylation is 2. The average Bonchev–Trinajstić information content (AvgIpc) is 2.78.